The molecule has 0 spiro atoms. The molecule has 11 heavy (non-hydrogen) atoms. The molecule has 0 aliphatic heterocycles. The Morgan fingerprint density at radius 2 is 2.27 bits per heavy atom. The first-order valence-corrected chi connectivity index (χ1v) is 4.31. The third kappa shape index (κ3) is 2.02. The number of rotatable bonds is 1. The van der Waals surface area contributed by atoms with Gasteiger partial charge in [0.05, 0.1) is 14.9 Å². The van der Waals surface area contributed by atoms with Crippen molar-refractivity contribution in [3.63, 3.8) is 0 Å². The molecular formula is C9H11NS. The molecule has 0 saturated heterocycles. The molecule has 0 aliphatic rings. The van der Waals surface area contributed by atoms with Crippen LogP contribution in [0.4, 0.5) is 0 Å². The van der Waals surface area contributed by atoms with E-state index >= 15 is 0 Å². The normalized spacial score (nSPS) is 13.1. The summed E-state index contributed by atoms with van der Waals surface area (Å²) in [6.07, 6.45) is 6.03. The monoisotopic (exact) mass is 165 g/mol. The van der Waals surface area contributed by atoms with Gasteiger partial charge in [-0.05, 0) is 19.9 Å². The van der Waals surface area contributed by atoms with E-state index < -0.39 is 0 Å². The minimum absolute atomic E-state index is 0.880. The van der Waals surface area contributed by atoms with Crippen molar-refractivity contribution in [1.29, 1.82) is 0 Å². The highest BCUT2D eigenvalue weighted by atomic mass is 32.1. The first-order chi connectivity index (χ1) is 5.24. The Balaban J connectivity index is 3.23. The molecule has 1 heterocycles. The summed E-state index contributed by atoms with van der Waals surface area (Å²) in [5, 5.41) is 1.95. The number of aryl methyl sites for hydroxylation is 1. The SMILES string of the molecule is C=c1nc(C)s/c1=C/C=C/C. The van der Waals surface area contributed by atoms with Crippen LogP contribution in [-0.4, -0.2) is 4.98 Å². The van der Waals surface area contributed by atoms with Gasteiger partial charge in [0.25, 0.3) is 0 Å². The fraction of sp³-hybridized carbons (Fsp3) is 0.222. The molecule has 0 bridgehead atoms. The van der Waals surface area contributed by atoms with E-state index in [1.54, 1.807) is 11.3 Å². The fourth-order valence-electron chi connectivity index (χ4n) is 0.800. The number of allylic oxidation sites excluding steroid dienone is 2. The van der Waals surface area contributed by atoms with Gasteiger partial charge in [-0.2, -0.15) is 0 Å². The van der Waals surface area contributed by atoms with Crippen LogP contribution in [0.1, 0.15) is 11.9 Å². The minimum atomic E-state index is 0.880. The highest BCUT2D eigenvalue weighted by Crippen LogP contribution is 1.89. The molecule has 0 amide bonds. The smallest absolute Gasteiger partial charge is 0.0907 e. The molecule has 0 saturated carbocycles. The lowest BCUT2D eigenvalue weighted by molar-refractivity contribution is 1.24. The molecule has 0 aromatic carbocycles. The maximum atomic E-state index is 4.21. The van der Waals surface area contributed by atoms with Gasteiger partial charge in [-0.1, -0.05) is 18.7 Å². The topological polar surface area (TPSA) is 12.9 Å². The Labute approximate surface area is 70.4 Å². The van der Waals surface area contributed by atoms with Gasteiger partial charge < -0.3 is 0 Å². The van der Waals surface area contributed by atoms with Crippen LogP contribution >= 0.6 is 11.3 Å². The first kappa shape index (κ1) is 8.21. The fourth-order valence-corrected chi connectivity index (χ4v) is 1.58. The van der Waals surface area contributed by atoms with Gasteiger partial charge in [-0.15, -0.1) is 11.3 Å². The van der Waals surface area contributed by atoms with E-state index in [0.29, 0.717) is 0 Å². The molecule has 0 unspecified atom stereocenters. The van der Waals surface area contributed by atoms with Gasteiger partial charge in [0.1, 0.15) is 0 Å². The third-order valence-electron chi connectivity index (χ3n) is 1.27. The lowest BCUT2D eigenvalue weighted by Gasteiger charge is -1.70. The van der Waals surface area contributed by atoms with Crippen LogP contribution < -0.4 is 9.88 Å². The van der Waals surface area contributed by atoms with Crippen molar-refractivity contribution in [2.45, 2.75) is 13.8 Å². The van der Waals surface area contributed by atoms with Crippen molar-refractivity contribution >= 4 is 24.0 Å². The zero-order chi connectivity index (χ0) is 8.27. The van der Waals surface area contributed by atoms with Crippen LogP contribution in [0.5, 0.6) is 0 Å². The van der Waals surface area contributed by atoms with Crippen molar-refractivity contribution in [2.75, 3.05) is 0 Å². The average Bonchev–Trinajstić information content (AvgIpc) is 2.26. The molecule has 1 aromatic heterocycles. The van der Waals surface area contributed by atoms with Crippen LogP contribution in [0, 0.1) is 6.92 Å². The second-order valence-electron chi connectivity index (χ2n) is 2.24. The quantitative estimate of drug-likeness (QED) is 0.609. The Hall–Kier alpha value is -0.890. The molecule has 0 fully saturated rings. The molecular weight excluding hydrogens is 154 g/mol. The van der Waals surface area contributed by atoms with E-state index in [1.807, 2.05) is 32.1 Å². The highest BCUT2D eigenvalue weighted by molar-refractivity contribution is 7.09. The van der Waals surface area contributed by atoms with Crippen LogP contribution in [0.15, 0.2) is 12.2 Å². The van der Waals surface area contributed by atoms with E-state index in [4.69, 9.17) is 0 Å². The summed E-state index contributed by atoms with van der Waals surface area (Å²) in [6, 6.07) is 0. The molecule has 0 N–H and O–H groups in total. The molecule has 0 radical (unpaired) electrons. The summed E-state index contributed by atoms with van der Waals surface area (Å²) in [5.74, 6) is 0. The van der Waals surface area contributed by atoms with E-state index in [-0.39, 0.29) is 0 Å². The van der Waals surface area contributed by atoms with Crippen LogP contribution in [-0.2, 0) is 0 Å². The second kappa shape index (κ2) is 3.49. The average molecular weight is 165 g/mol. The Morgan fingerprint density at radius 1 is 1.55 bits per heavy atom. The van der Waals surface area contributed by atoms with Crippen LogP contribution in [0.25, 0.3) is 12.7 Å². The second-order valence-corrected chi connectivity index (χ2v) is 3.47. The first-order valence-electron chi connectivity index (χ1n) is 3.49. The standard InChI is InChI=1S/C9H11NS/c1-4-5-6-9-7(2)10-8(3)11-9/h4-6H,2H2,1,3H3/b5-4+,9-6+. The Kier molecular flexibility index (Phi) is 2.60. The lowest BCUT2D eigenvalue weighted by Crippen LogP contribution is -2.17. The summed E-state index contributed by atoms with van der Waals surface area (Å²) in [4.78, 5) is 4.21. The number of hydrogen-bond acceptors (Lipinski definition) is 2. The van der Waals surface area contributed by atoms with Crippen LogP contribution in [0.2, 0.25) is 0 Å². The Bertz CT molecular complexity index is 359. The van der Waals surface area contributed by atoms with E-state index in [2.05, 4.69) is 11.6 Å². The van der Waals surface area contributed by atoms with Crippen molar-refractivity contribution in [3.05, 3.63) is 27.0 Å². The summed E-state index contributed by atoms with van der Waals surface area (Å²) in [5.41, 5.74) is 0. The number of aromatic nitrogens is 1. The van der Waals surface area contributed by atoms with Gasteiger partial charge >= 0.3 is 0 Å². The minimum Gasteiger partial charge on any atom is -0.242 e. The highest BCUT2D eigenvalue weighted by Gasteiger charge is 1.88. The third-order valence-corrected chi connectivity index (χ3v) is 2.25. The molecule has 1 nitrogen and oxygen atoms in total. The molecule has 1 aromatic rings. The summed E-state index contributed by atoms with van der Waals surface area (Å²) < 4.78 is 1.15. The largest absolute Gasteiger partial charge is 0.242 e. The molecule has 0 atom stereocenters. The van der Waals surface area contributed by atoms with Gasteiger partial charge in [0.15, 0.2) is 0 Å². The van der Waals surface area contributed by atoms with Crippen molar-refractivity contribution in [2.24, 2.45) is 0 Å². The predicted molar refractivity (Wildman–Crippen MR) is 50.9 cm³/mol. The summed E-state index contributed by atoms with van der Waals surface area (Å²) in [6.45, 7) is 7.81. The molecule has 58 valence electrons. The predicted octanol–water partition coefficient (Wildman–Crippen LogP) is 1.22. The molecule has 0 aliphatic carbocycles. The maximum absolute atomic E-state index is 4.21. The Morgan fingerprint density at radius 3 is 2.73 bits per heavy atom. The summed E-state index contributed by atoms with van der Waals surface area (Å²) in [7, 11) is 0. The zero-order valence-electron chi connectivity index (χ0n) is 6.79. The van der Waals surface area contributed by atoms with Crippen molar-refractivity contribution < 1.29 is 0 Å². The van der Waals surface area contributed by atoms with Gasteiger partial charge in [-0.25, -0.2) is 4.98 Å². The van der Waals surface area contributed by atoms with Gasteiger partial charge in [0, 0.05) is 0 Å². The van der Waals surface area contributed by atoms with E-state index in [0.717, 1.165) is 14.9 Å². The zero-order valence-corrected chi connectivity index (χ0v) is 7.61. The van der Waals surface area contributed by atoms with E-state index in [1.165, 1.54) is 0 Å². The summed E-state index contributed by atoms with van der Waals surface area (Å²) >= 11 is 1.67. The molecule has 2 heteroatoms. The number of thiazole rings is 1. The number of hydrogen-bond donors (Lipinski definition) is 0. The van der Waals surface area contributed by atoms with Crippen molar-refractivity contribution in [1.82, 2.24) is 4.98 Å². The van der Waals surface area contributed by atoms with Gasteiger partial charge in [0.2, 0.25) is 0 Å². The molecule has 1 rings (SSSR count). The van der Waals surface area contributed by atoms with Crippen LogP contribution in [0.3, 0.4) is 0 Å². The maximum Gasteiger partial charge on any atom is 0.0907 e. The van der Waals surface area contributed by atoms with Crippen molar-refractivity contribution in [3.8, 4) is 0 Å². The lowest BCUT2D eigenvalue weighted by atomic mass is 10.5. The van der Waals surface area contributed by atoms with E-state index in [9.17, 15) is 0 Å². The van der Waals surface area contributed by atoms with Gasteiger partial charge in [-0.3, -0.25) is 0 Å². The number of nitrogens with zero attached hydrogens (tertiary/aromatic N) is 1.